The first-order valence-electron chi connectivity index (χ1n) is 5.58. The second kappa shape index (κ2) is 4.79. The summed E-state index contributed by atoms with van der Waals surface area (Å²) in [6, 6.07) is 3.51. The Hall–Kier alpha value is -0.833. The summed E-state index contributed by atoms with van der Waals surface area (Å²) < 4.78 is 5.32. The van der Waals surface area contributed by atoms with Crippen LogP contribution in [-0.4, -0.2) is 8.07 Å². The summed E-state index contributed by atoms with van der Waals surface area (Å²) >= 11 is 0. The lowest BCUT2D eigenvalue weighted by molar-refractivity contribution is 0.457. The molecule has 1 aromatic heterocycles. The van der Waals surface area contributed by atoms with Crippen LogP contribution in [0.2, 0.25) is 19.6 Å². The topological polar surface area (TPSA) is 30.2 Å². The Morgan fingerprint density at radius 2 is 1.93 bits per heavy atom. The molecule has 0 saturated carbocycles. The molecule has 0 aliphatic rings. The summed E-state index contributed by atoms with van der Waals surface area (Å²) in [4.78, 5) is 11.2. The molecule has 0 atom stereocenters. The SMILES string of the molecule is CCCCc1oc(=O)ccc1[Si](C)(C)C. The van der Waals surface area contributed by atoms with E-state index in [4.69, 9.17) is 4.42 Å². The van der Waals surface area contributed by atoms with Crippen LogP contribution < -0.4 is 10.8 Å². The van der Waals surface area contributed by atoms with Crippen LogP contribution in [0.15, 0.2) is 21.3 Å². The fraction of sp³-hybridized carbons (Fsp3) is 0.583. The zero-order valence-corrected chi connectivity index (χ0v) is 11.1. The molecule has 0 amide bonds. The minimum absolute atomic E-state index is 0.219. The van der Waals surface area contributed by atoms with E-state index in [0.29, 0.717) is 0 Å². The fourth-order valence-corrected chi connectivity index (χ4v) is 3.24. The molecule has 84 valence electrons. The van der Waals surface area contributed by atoms with Crippen LogP contribution in [0, 0.1) is 0 Å². The highest BCUT2D eigenvalue weighted by Crippen LogP contribution is 2.08. The van der Waals surface area contributed by atoms with E-state index in [1.54, 1.807) is 6.07 Å². The van der Waals surface area contributed by atoms with Gasteiger partial charge >= 0.3 is 5.63 Å². The second-order valence-corrected chi connectivity index (χ2v) is 9.98. The molecule has 15 heavy (non-hydrogen) atoms. The predicted molar refractivity (Wildman–Crippen MR) is 66.6 cm³/mol. The van der Waals surface area contributed by atoms with Crippen LogP contribution in [0.3, 0.4) is 0 Å². The number of hydrogen-bond donors (Lipinski definition) is 0. The van der Waals surface area contributed by atoms with Gasteiger partial charge in [-0.25, -0.2) is 4.79 Å². The van der Waals surface area contributed by atoms with Crippen LogP contribution in [-0.2, 0) is 6.42 Å². The Balaban J connectivity index is 3.09. The molecule has 0 radical (unpaired) electrons. The lowest BCUT2D eigenvalue weighted by Crippen LogP contribution is -2.40. The summed E-state index contributed by atoms with van der Waals surface area (Å²) in [5.41, 5.74) is -0.219. The molecule has 1 rings (SSSR count). The quantitative estimate of drug-likeness (QED) is 0.736. The molecule has 0 spiro atoms. The van der Waals surface area contributed by atoms with Crippen molar-refractivity contribution >= 4 is 13.3 Å². The van der Waals surface area contributed by atoms with Crippen molar-refractivity contribution in [3.8, 4) is 0 Å². The van der Waals surface area contributed by atoms with Gasteiger partial charge in [0, 0.05) is 12.5 Å². The van der Waals surface area contributed by atoms with Crippen molar-refractivity contribution in [3.05, 3.63) is 28.3 Å². The molecule has 0 aromatic carbocycles. The molecule has 3 heteroatoms. The number of unbranched alkanes of at least 4 members (excludes halogenated alkanes) is 1. The predicted octanol–water partition coefficient (Wildman–Crippen LogP) is 2.53. The Morgan fingerprint density at radius 1 is 1.27 bits per heavy atom. The zero-order valence-electron chi connectivity index (χ0n) is 10.1. The molecular weight excluding hydrogens is 204 g/mol. The Bertz CT molecular complexity index is 374. The van der Waals surface area contributed by atoms with Crippen molar-refractivity contribution in [2.24, 2.45) is 0 Å². The number of rotatable bonds is 4. The molecular formula is C12H20O2Si. The van der Waals surface area contributed by atoms with Crippen LogP contribution in [0.1, 0.15) is 25.5 Å². The first-order valence-corrected chi connectivity index (χ1v) is 9.08. The van der Waals surface area contributed by atoms with Crippen molar-refractivity contribution in [1.82, 2.24) is 0 Å². The van der Waals surface area contributed by atoms with E-state index in [2.05, 4.69) is 26.6 Å². The van der Waals surface area contributed by atoms with E-state index in [1.807, 2.05) is 6.07 Å². The average Bonchev–Trinajstić information content (AvgIpc) is 2.12. The molecule has 1 heterocycles. The van der Waals surface area contributed by atoms with Gasteiger partial charge in [-0.05, 0) is 11.6 Å². The van der Waals surface area contributed by atoms with Crippen LogP contribution in [0.25, 0.3) is 0 Å². The second-order valence-electron chi connectivity index (χ2n) is 4.94. The third-order valence-electron chi connectivity index (χ3n) is 2.48. The molecule has 1 aromatic rings. The van der Waals surface area contributed by atoms with Gasteiger partial charge in [0.2, 0.25) is 0 Å². The summed E-state index contributed by atoms with van der Waals surface area (Å²) in [7, 11) is -1.38. The number of hydrogen-bond acceptors (Lipinski definition) is 2. The van der Waals surface area contributed by atoms with E-state index < -0.39 is 8.07 Å². The Kier molecular flexibility index (Phi) is 3.91. The van der Waals surface area contributed by atoms with E-state index in [0.717, 1.165) is 25.0 Å². The van der Waals surface area contributed by atoms with Crippen molar-refractivity contribution in [2.75, 3.05) is 0 Å². The summed E-state index contributed by atoms with van der Waals surface area (Å²) in [5, 5.41) is 1.29. The van der Waals surface area contributed by atoms with Gasteiger partial charge in [0.05, 0.1) is 8.07 Å². The monoisotopic (exact) mass is 224 g/mol. The summed E-state index contributed by atoms with van der Waals surface area (Å²) in [5.74, 6) is 0.920. The summed E-state index contributed by atoms with van der Waals surface area (Å²) in [6.45, 7) is 8.97. The first kappa shape index (κ1) is 12.2. The van der Waals surface area contributed by atoms with Crippen molar-refractivity contribution < 1.29 is 4.42 Å². The van der Waals surface area contributed by atoms with Crippen LogP contribution >= 0.6 is 0 Å². The molecule has 2 nitrogen and oxygen atoms in total. The van der Waals surface area contributed by atoms with Gasteiger partial charge in [-0.3, -0.25) is 0 Å². The highest BCUT2D eigenvalue weighted by atomic mass is 28.3. The highest BCUT2D eigenvalue weighted by molar-refractivity contribution is 6.88. The summed E-state index contributed by atoms with van der Waals surface area (Å²) in [6.07, 6.45) is 3.11. The maximum Gasteiger partial charge on any atom is 0.335 e. The maximum absolute atomic E-state index is 11.2. The molecule has 0 fully saturated rings. The van der Waals surface area contributed by atoms with Crippen molar-refractivity contribution in [3.63, 3.8) is 0 Å². The zero-order chi connectivity index (χ0) is 11.5. The lowest BCUT2D eigenvalue weighted by Gasteiger charge is -2.18. The molecule has 0 N–H and O–H groups in total. The fourth-order valence-electron chi connectivity index (χ4n) is 1.65. The minimum Gasteiger partial charge on any atom is -0.428 e. The smallest absolute Gasteiger partial charge is 0.335 e. The standard InChI is InChI=1S/C12H20O2Si/c1-5-6-7-10-11(15(2,3)4)8-9-12(13)14-10/h8-9H,5-7H2,1-4H3. The normalized spacial score (nSPS) is 11.7. The third kappa shape index (κ3) is 3.34. The van der Waals surface area contributed by atoms with Gasteiger partial charge < -0.3 is 4.42 Å². The number of aryl methyl sites for hydroxylation is 1. The van der Waals surface area contributed by atoms with Crippen LogP contribution in [0.4, 0.5) is 0 Å². The average molecular weight is 224 g/mol. The van der Waals surface area contributed by atoms with Crippen molar-refractivity contribution in [2.45, 2.75) is 45.8 Å². The van der Waals surface area contributed by atoms with E-state index >= 15 is 0 Å². The van der Waals surface area contributed by atoms with Crippen molar-refractivity contribution in [1.29, 1.82) is 0 Å². The Labute approximate surface area is 92.3 Å². The first-order chi connectivity index (χ1) is 6.95. The van der Waals surface area contributed by atoms with E-state index in [1.165, 1.54) is 5.19 Å². The van der Waals surface area contributed by atoms with Gasteiger partial charge in [0.15, 0.2) is 0 Å². The van der Waals surface area contributed by atoms with Gasteiger partial charge in [0.1, 0.15) is 5.76 Å². The highest BCUT2D eigenvalue weighted by Gasteiger charge is 2.21. The van der Waals surface area contributed by atoms with Gasteiger partial charge in [-0.15, -0.1) is 0 Å². The molecule has 0 unspecified atom stereocenters. The minimum atomic E-state index is -1.38. The van der Waals surface area contributed by atoms with Gasteiger partial charge in [-0.1, -0.05) is 39.1 Å². The van der Waals surface area contributed by atoms with E-state index in [9.17, 15) is 4.79 Å². The maximum atomic E-state index is 11.2. The van der Waals surface area contributed by atoms with Gasteiger partial charge in [0.25, 0.3) is 0 Å². The largest absolute Gasteiger partial charge is 0.428 e. The molecule has 0 aliphatic carbocycles. The third-order valence-corrected chi connectivity index (χ3v) is 4.54. The van der Waals surface area contributed by atoms with Gasteiger partial charge in [-0.2, -0.15) is 0 Å². The molecule has 0 saturated heterocycles. The Morgan fingerprint density at radius 3 is 2.47 bits per heavy atom. The lowest BCUT2D eigenvalue weighted by atomic mass is 10.2. The van der Waals surface area contributed by atoms with Crippen LogP contribution in [0.5, 0.6) is 0 Å². The van der Waals surface area contributed by atoms with E-state index in [-0.39, 0.29) is 5.63 Å². The molecule has 0 aliphatic heterocycles. The molecule has 0 bridgehead atoms.